The summed E-state index contributed by atoms with van der Waals surface area (Å²) in [6.45, 7) is 4.90. The van der Waals surface area contributed by atoms with Crippen molar-refractivity contribution in [3.63, 3.8) is 0 Å². The molecule has 3 nitrogen and oxygen atoms in total. The van der Waals surface area contributed by atoms with Gasteiger partial charge in [-0.15, -0.1) is 0 Å². The van der Waals surface area contributed by atoms with Gasteiger partial charge in [0.1, 0.15) is 5.75 Å². The Balaban J connectivity index is 1.94. The van der Waals surface area contributed by atoms with Crippen LogP contribution in [0.5, 0.6) is 5.75 Å². The van der Waals surface area contributed by atoms with Crippen LogP contribution >= 0.6 is 0 Å². The number of ether oxygens (including phenoxy) is 1. The zero-order valence-electron chi connectivity index (χ0n) is 13.0. The second-order valence-corrected chi connectivity index (χ2v) is 5.18. The van der Waals surface area contributed by atoms with E-state index in [1.807, 2.05) is 43.6 Å². The number of aromatic nitrogens is 2. The second-order valence-electron chi connectivity index (χ2n) is 5.18. The highest BCUT2D eigenvalue weighted by molar-refractivity contribution is 5.55. The van der Waals surface area contributed by atoms with Crippen molar-refractivity contribution in [2.24, 2.45) is 0 Å². The average molecular weight is 284 g/mol. The molecule has 2 aromatic rings. The molecular formula is C18H24N2O. The van der Waals surface area contributed by atoms with Crippen molar-refractivity contribution >= 4 is 0 Å². The van der Waals surface area contributed by atoms with E-state index in [4.69, 9.17) is 4.74 Å². The van der Waals surface area contributed by atoms with Gasteiger partial charge in [-0.3, -0.25) is 0 Å². The predicted octanol–water partition coefficient (Wildman–Crippen LogP) is 4.67. The standard InChI is InChI=1S/C18H24N2O/c1-3-5-6-7-8-15-13-19-18(20-14-15)16-9-11-17(12-10-16)21-4-2/h9-14H,3-8H2,1-2H3. The molecule has 0 aliphatic rings. The van der Waals surface area contributed by atoms with E-state index >= 15 is 0 Å². The molecule has 2 rings (SSSR count). The highest BCUT2D eigenvalue weighted by Gasteiger charge is 2.02. The normalized spacial score (nSPS) is 10.6. The quantitative estimate of drug-likeness (QED) is 0.661. The van der Waals surface area contributed by atoms with E-state index in [0.29, 0.717) is 6.61 Å². The SMILES string of the molecule is CCCCCCc1cnc(-c2ccc(OCC)cc2)nc1. The summed E-state index contributed by atoms with van der Waals surface area (Å²) in [7, 11) is 0. The van der Waals surface area contributed by atoms with Crippen LogP contribution in [0.25, 0.3) is 11.4 Å². The smallest absolute Gasteiger partial charge is 0.159 e. The maximum atomic E-state index is 5.44. The van der Waals surface area contributed by atoms with Gasteiger partial charge in [0.2, 0.25) is 0 Å². The molecular weight excluding hydrogens is 260 g/mol. The molecule has 0 amide bonds. The van der Waals surface area contributed by atoms with Crippen molar-refractivity contribution in [2.45, 2.75) is 46.0 Å². The molecule has 1 aromatic heterocycles. The lowest BCUT2D eigenvalue weighted by Crippen LogP contribution is -1.94. The van der Waals surface area contributed by atoms with Crippen LogP contribution in [0.3, 0.4) is 0 Å². The van der Waals surface area contributed by atoms with Gasteiger partial charge >= 0.3 is 0 Å². The number of rotatable bonds is 8. The third kappa shape index (κ3) is 4.85. The van der Waals surface area contributed by atoms with E-state index in [-0.39, 0.29) is 0 Å². The van der Waals surface area contributed by atoms with Crippen molar-refractivity contribution in [2.75, 3.05) is 6.61 Å². The highest BCUT2D eigenvalue weighted by Crippen LogP contribution is 2.19. The van der Waals surface area contributed by atoms with E-state index in [9.17, 15) is 0 Å². The summed E-state index contributed by atoms with van der Waals surface area (Å²) in [5.74, 6) is 1.66. The van der Waals surface area contributed by atoms with Crippen molar-refractivity contribution in [3.8, 4) is 17.1 Å². The number of aryl methyl sites for hydroxylation is 1. The fraction of sp³-hybridized carbons (Fsp3) is 0.444. The Morgan fingerprint density at radius 1 is 0.905 bits per heavy atom. The Hall–Kier alpha value is -1.90. The molecule has 0 N–H and O–H groups in total. The summed E-state index contributed by atoms with van der Waals surface area (Å²) >= 11 is 0. The molecule has 3 heteroatoms. The summed E-state index contributed by atoms with van der Waals surface area (Å²) in [5, 5.41) is 0. The molecule has 0 aliphatic carbocycles. The second kappa shape index (κ2) is 8.40. The Labute approximate surface area is 127 Å². The monoisotopic (exact) mass is 284 g/mol. The first-order valence-electron chi connectivity index (χ1n) is 7.87. The van der Waals surface area contributed by atoms with E-state index in [1.54, 1.807) is 0 Å². The molecule has 0 fully saturated rings. The average Bonchev–Trinajstić information content (AvgIpc) is 2.53. The third-order valence-corrected chi connectivity index (χ3v) is 3.45. The van der Waals surface area contributed by atoms with Crippen LogP contribution in [-0.4, -0.2) is 16.6 Å². The zero-order chi connectivity index (χ0) is 14.9. The maximum absolute atomic E-state index is 5.44. The van der Waals surface area contributed by atoms with Crippen molar-refractivity contribution in [1.82, 2.24) is 9.97 Å². The predicted molar refractivity (Wildman–Crippen MR) is 86.5 cm³/mol. The summed E-state index contributed by atoms with van der Waals surface area (Å²) in [4.78, 5) is 8.94. The lowest BCUT2D eigenvalue weighted by molar-refractivity contribution is 0.340. The molecule has 112 valence electrons. The molecule has 0 bridgehead atoms. The Morgan fingerprint density at radius 3 is 2.24 bits per heavy atom. The summed E-state index contributed by atoms with van der Waals surface area (Å²) < 4.78 is 5.44. The van der Waals surface area contributed by atoms with E-state index in [1.165, 1.54) is 31.2 Å². The Bertz CT molecular complexity index is 520. The molecule has 0 saturated heterocycles. The minimum atomic E-state index is 0.683. The van der Waals surface area contributed by atoms with Crippen LogP contribution in [-0.2, 0) is 6.42 Å². The van der Waals surface area contributed by atoms with Crippen LogP contribution in [0, 0.1) is 0 Å². The van der Waals surface area contributed by atoms with Gasteiger partial charge in [-0.05, 0) is 49.6 Å². The zero-order valence-corrected chi connectivity index (χ0v) is 13.0. The van der Waals surface area contributed by atoms with Crippen LogP contribution in [0.4, 0.5) is 0 Å². The minimum Gasteiger partial charge on any atom is -0.494 e. The van der Waals surface area contributed by atoms with Crippen molar-refractivity contribution < 1.29 is 4.74 Å². The number of benzene rings is 1. The highest BCUT2D eigenvalue weighted by atomic mass is 16.5. The lowest BCUT2D eigenvalue weighted by Gasteiger charge is -2.05. The molecule has 1 heterocycles. The van der Waals surface area contributed by atoms with Gasteiger partial charge in [0.25, 0.3) is 0 Å². The minimum absolute atomic E-state index is 0.683. The third-order valence-electron chi connectivity index (χ3n) is 3.45. The van der Waals surface area contributed by atoms with Crippen LogP contribution in [0.1, 0.15) is 45.1 Å². The first-order valence-corrected chi connectivity index (χ1v) is 7.87. The summed E-state index contributed by atoms with van der Waals surface area (Å²) in [6, 6.07) is 7.92. The fourth-order valence-electron chi connectivity index (χ4n) is 2.26. The largest absolute Gasteiger partial charge is 0.494 e. The fourth-order valence-corrected chi connectivity index (χ4v) is 2.26. The number of hydrogen-bond acceptors (Lipinski definition) is 3. The summed E-state index contributed by atoms with van der Waals surface area (Å²) in [5.41, 5.74) is 2.25. The van der Waals surface area contributed by atoms with Gasteiger partial charge in [0, 0.05) is 18.0 Å². The van der Waals surface area contributed by atoms with E-state index in [0.717, 1.165) is 23.6 Å². The molecule has 0 radical (unpaired) electrons. The summed E-state index contributed by atoms with van der Waals surface area (Å²) in [6.07, 6.45) is 10.1. The number of hydrogen-bond donors (Lipinski definition) is 0. The van der Waals surface area contributed by atoms with E-state index in [2.05, 4.69) is 16.9 Å². The van der Waals surface area contributed by atoms with Gasteiger partial charge in [-0.1, -0.05) is 26.2 Å². The first-order chi connectivity index (χ1) is 10.3. The number of nitrogens with zero attached hydrogens (tertiary/aromatic N) is 2. The lowest BCUT2D eigenvalue weighted by atomic mass is 10.1. The molecule has 0 atom stereocenters. The van der Waals surface area contributed by atoms with Crippen LogP contribution in [0.15, 0.2) is 36.7 Å². The van der Waals surface area contributed by atoms with Gasteiger partial charge in [-0.25, -0.2) is 9.97 Å². The molecule has 0 saturated carbocycles. The molecule has 0 unspecified atom stereocenters. The van der Waals surface area contributed by atoms with Crippen LogP contribution in [0.2, 0.25) is 0 Å². The Kier molecular flexibility index (Phi) is 6.20. The van der Waals surface area contributed by atoms with Gasteiger partial charge < -0.3 is 4.74 Å². The van der Waals surface area contributed by atoms with Gasteiger partial charge in [-0.2, -0.15) is 0 Å². The van der Waals surface area contributed by atoms with Crippen molar-refractivity contribution in [1.29, 1.82) is 0 Å². The molecule has 1 aromatic carbocycles. The Morgan fingerprint density at radius 2 is 1.62 bits per heavy atom. The maximum Gasteiger partial charge on any atom is 0.159 e. The molecule has 0 spiro atoms. The van der Waals surface area contributed by atoms with Crippen molar-refractivity contribution in [3.05, 3.63) is 42.2 Å². The van der Waals surface area contributed by atoms with Gasteiger partial charge in [0.15, 0.2) is 5.82 Å². The van der Waals surface area contributed by atoms with Gasteiger partial charge in [0.05, 0.1) is 6.61 Å². The number of unbranched alkanes of at least 4 members (excludes halogenated alkanes) is 3. The van der Waals surface area contributed by atoms with Crippen LogP contribution < -0.4 is 4.74 Å². The first kappa shape index (κ1) is 15.5. The van der Waals surface area contributed by atoms with E-state index < -0.39 is 0 Å². The molecule has 0 aliphatic heterocycles. The molecule has 21 heavy (non-hydrogen) atoms. The topological polar surface area (TPSA) is 35.0 Å².